The molecular weight excluding hydrogens is 574 g/mol. The number of benzene rings is 2. The van der Waals surface area contributed by atoms with Gasteiger partial charge in [-0.05, 0) is 49.9 Å². The fourth-order valence-corrected chi connectivity index (χ4v) is 4.10. The highest BCUT2D eigenvalue weighted by molar-refractivity contribution is 6.42. The third-order valence-electron chi connectivity index (χ3n) is 6.40. The number of amides is 2. The van der Waals surface area contributed by atoms with Crippen LogP contribution in [0.5, 0.6) is 0 Å². The van der Waals surface area contributed by atoms with Crippen molar-refractivity contribution in [3.63, 3.8) is 0 Å². The van der Waals surface area contributed by atoms with E-state index in [2.05, 4.69) is 10.6 Å². The summed E-state index contributed by atoms with van der Waals surface area (Å²) in [5, 5.41) is 25.0. The van der Waals surface area contributed by atoms with Gasteiger partial charge < -0.3 is 20.8 Å². The van der Waals surface area contributed by atoms with Crippen LogP contribution in [0.4, 0.5) is 26.3 Å². The highest BCUT2D eigenvalue weighted by atomic mass is 19.4. The van der Waals surface area contributed by atoms with E-state index in [9.17, 15) is 55.7 Å². The van der Waals surface area contributed by atoms with Gasteiger partial charge in [-0.3, -0.25) is 19.2 Å². The van der Waals surface area contributed by atoms with Crippen LogP contribution in [0.1, 0.15) is 47.9 Å². The van der Waals surface area contributed by atoms with E-state index in [1.807, 2.05) is 0 Å². The Kier molecular flexibility index (Phi) is 9.81. The van der Waals surface area contributed by atoms with Crippen molar-refractivity contribution in [3.05, 3.63) is 82.9 Å². The van der Waals surface area contributed by atoms with Gasteiger partial charge in [-0.1, -0.05) is 24.3 Å². The molecule has 2 aromatic rings. The Morgan fingerprint density at radius 2 is 0.881 bits per heavy atom. The van der Waals surface area contributed by atoms with Gasteiger partial charge in [0.05, 0.1) is 11.1 Å². The van der Waals surface area contributed by atoms with Crippen molar-refractivity contribution in [1.29, 1.82) is 0 Å². The summed E-state index contributed by atoms with van der Waals surface area (Å²) >= 11 is 0. The lowest BCUT2D eigenvalue weighted by molar-refractivity contribution is -0.138. The summed E-state index contributed by atoms with van der Waals surface area (Å²) in [5.41, 5.74) is -2.10. The molecule has 1 aliphatic rings. The first-order valence-corrected chi connectivity index (χ1v) is 12.4. The zero-order chi connectivity index (χ0) is 31.2. The number of ketones is 2. The maximum absolute atomic E-state index is 12.7. The summed E-state index contributed by atoms with van der Waals surface area (Å²) in [6, 6.07) is 5.71. The Morgan fingerprint density at radius 3 is 1.14 bits per heavy atom. The molecule has 1 saturated carbocycles. The van der Waals surface area contributed by atoms with Crippen molar-refractivity contribution in [3.8, 4) is 0 Å². The van der Waals surface area contributed by atoms with Crippen LogP contribution in [-0.2, 0) is 31.5 Å². The monoisotopic (exact) mass is 598 g/mol. The average Bonchev–Trinajstić information content (AvgIpc) is 2.93. The van der Waals surface area contributed by atoms with Gasteiger partial charge in [0.1, 0.15) is 11.5 Å². The van der Waals surface area contributed by atoms with Crippen LogP contribution in [0.15, 0.2) is 60.7 Å². The van der Waals surface area contributed by atoms with E-state index in [0.29, 0.717) is 62.1 Å². The molecule has 3 rings (SSSR count). The first-order chi connectivity index (χ1) is 19.5. The Hall–Kier alpha value is -4.62. The predicted octanol–water partition coefficient (Wildman–Crippen LogP) is 4.90. The fraction of sp³-hybridized carbons (Fsp3) is 0.286. The number of halogens is 6. The molecule has 42 heavy (non-hydrogen) atoms. The van der Waals surface area contributed by atoms with Crippen LogP contribution < -0.4 is 10.6 Å². The molecule has 4 N–H and O–H groups in total. The van der Waals surface area contributed by atoms with Gasteiger partial charge >= 0.3 is 12.4 Å². The number of nitrogens with one attached hydrogen (secondary N) is 2. The van der Waals surface area contributed by atoms with Gasteiger partial charge in [-0.2, -0.15) is 26.3 Å². The number of aliphatic hydroxyl groups excluding tert-OH is 2. The Morgan fingerprint density at radius 1 is 0.595 bits per heavy atom. The topological polar surface area (TPSA) is 133 Å². The molecule has 0 unspecified atom stereocenters. The standard InChI is InChI=1S/C28H24F6N2O6/c29-27(30,31)17-5-1-15(2-6-17)21(37)13-23(39)25(41)35-19-9-11-20(12-10-19)36-26(42)24(40)14-22(38)16-3-7-18(8-4-16)28(32,33)34/h1-8,13-14,19-20,37-38H,9-12H2,(H,35,41)(H,36,42)/b21-13-,22-14-. The van der Waals surface area contributed by atoms with Gasteiger partial charge in [0.2, 0.25) is 11.6 Å². The van der Waals surface area contributed by atoms with E-state index in [1.165, 1.54) is 0 Å². The molecule has 0 bridgehead atoms. The minimum Gasteiger partial charge on any atom is -0.507 e. The molecule has 1 aliphatic carbocycles. The van der Waals surface area contributed by atoms with E-state index >= 15 is 0 Å². The largest absolute Gasteiger partial charge is 0.507 e. The van der Waals surface area contributed by atoms with Crippen molar-refractivity contribution in [1.82, 2.24) is 10.6 Å². The molecule has 0 radical (unpaired) electrons. The molecule has 0 aromatic heterocycles. The van der Waals surface area contributed by atoms with Gasteiger partial charge in [0.25, 0.3) is 11.8 Å². The fourth-order valence-electron chi connectivity index (χ4n) is 4.10. The van der Waals surface area contributed by atoms with Crippen LogP contribution in [0.25, 0.3) is 11.5 Å². The van der Waals surface area contributed by atoms with Crippen LogP contribution in [0.3, 0.4) is 0 Å². The number of carbonyl (C=O) groups is 4. The molecule has 1 fully saturated rings. The number of carbonyl (C=O) groups excluding carboxylic acids is 4. The number of alkyl halides is 6. The molecule has 0 atom stereocenters. The van der Waals surface area contributed by atoms with Crippen molar-refractivity contribution < 1.29 is 55.7 Å². The summed E-state index contributed by atoms with van der Waals surface area (Å²) < 4.78 is 76.0. The Balaban J connectivity index is 1.47. The van der Waals surface area contributed by atoms with Crippen molar-refractivity contribution >= 4 is 34.9 Å². The van der Waals surface area contributed by atoms with Crippen molar-refractivity contribution in [2.45, 2.75) is 50.1 Å². The lowest BCUT2D eigenvalue weighted by atomic mass is 9.91. The summed E-state index contributed by atoms with van der Waals surface area (Å²) in [7, 11) is 0. The number of aliphatic hydroxyl groups is 2. The highest BCUT2D eigenvalue weighted by Gasteiger charge is 2.31. The molecule has 0 aliphatic heterocycles. The highest BCUT2D eigenvalue weighted by Crippen LogP contribution is 2.31. The van der Waals surface area contributed by atoms with Gasteiger partial charge in [0, 0.05) is 35.4 Å². The first kappa shape index (κ1) is 31.9. The number of hydrogen-bond acceptors (Lipinski definition) is 6. The molecule has 0 saturated heterocycles. The van der Waals surface area contributed by atoms with Crippen LogP contribution >= 0.6 is 0 Å². The van der Waals surface area contributed by atoms with Crippen LogP contribution in [0.2, 0.25) is 0 Å². The molecule has 2 aromatic carbocycles. The van der Waals surface area contributed by atoms with Crippen molar-refractivity contribution in [2.75, 3.05) is 0 Å². The van der Waals surface area contributed by atoms with E-state index in [4.69, 9.17) is 0 Å². The maximum Gasteiger partial charge on any atom is 0.416 e. The zero-order valence-electron chi connectivity index (χ0n) is 21.6. The first-order valence-electron chi connectivity index (χ1n) is 12.4. The van der Waals surface area contributed by atoms with Gasteiger partial charge in [-0.15, -0.1) is 0 Å². The van der Waals surface area contributed by atoms with E-state index in [-0.39, 0.29) is 11.1 Å². The number of hydrogen-bond donors (Lipinski definition) is 4. The van der Waals surface area contributed by atoms with E-state index in [0.717, 1.165) is 24.3 Å². The molecular formula is C28H24F6N2O6. The van der Waals surface area contributed by atoms with Gasteiger partial charge in [-0.25, -0.2) is 0 Å². The quantitative estimate of drug-likeness (QED) is 0.148. The lowest BCUT2D eigenvalue weighted by Crippen LogP contribution is -2.46. The second kappa shape index (κ2) is 12.9. The number of rotatable bonds is 8. The molecule has 224 valence electrons. The van der Waals surface area contributed by atoms with Crippen molar-refractivity contribution in [2.24, 2.45) is 0 Å². The second-order valence-electron chi connectivity index (χ2n) is 9.43. The minimum atomic E-state index is -4.58. The third kappa shape index (κ3) is 8.69. The van der Waals surface area contributed by atoms with Crippen LogP contribution in [-0.4, -0.2) is 45.7 Å². The summed E-state index contributed by atoms with van der Waals surface area (Å²) in [5.74, 6) is -5.77. The van der Waals surface area contributed by atoms with E-state index in [1.54, 1.807) is 0 Å². The Bertz CT molecular complexity index is 1280. The smallest absolute Gasteiger partial charge is 0.416 e. The summed E-state index contributed by atoms with van der Waals surface area (Å²) in [6.45, 7) is 0. The Labute approximate surface area is 234 Å². The molecule has 14 heteroatoms. The molecule has 8 nitrogen and oxygen atoms in total. The average molecular weight is 598 g/mol. The van der Waals surface area contributed by atoms with E-state index < -0.39 is 70.5 Å². The van der Waals surface area contributed by atoms with Crippen LogP contribution in [0, 0.1) is 0 Å². The zero-order valence-corrected chi connectivity index (χ0v) is 21.6. The molecule has 2 amide bonds. The SMILES string of the molecule is O=C(/C=C(\O)c1ccc(C(F)(F)F)cc1)C(=O)NC1CCC(NC(=O)C(=O)/C=C(\O)c2ccc(C(F)(F)F)cc2)CC1. The molecule has 0 spiro atoms. The second-order valence-corrected chi connectivity index (χ2v) is 9.43. The lowest BCUT2D eigenvalue weighted by Gasteiger charge is -2.29. The summed E-state index contributed by atoms with van der Waals surface area (Å²) in [6.07, 6.45) is -6.77. The third-order valence-corrected chi connectivity index (χ3v) is 6.40. The maximum atomic E-state index is 12.7. The normalized spacial score (nSPS) is 18.2. The minimum absolute atomic E-state index is 0.0996. The summed E-state index contributed by atoms with van der Waals surface area (Å²) in [4.78, 5) is 48.8. The van der Waals surface area contributed by atoms with Gasteiger partial charge in [0.15, 0.2) is 0 Å². The molecule has 0 heterocycles. The predicted molar refractivity (Wildman–Crippen MR) is 136 cm³/mol.